The number of benzene rings is 1. The van der Waals surface area contributed by atoms with Crippen molar-refractivity contribution in [2.75, 3.05) is 20.2 Å². The molecule has 0 N–H and O–H groups in total. The highest BCUT2D eigenvalue weighted by Gasteiger charge is 2.25. The second kappa shape index (κ2) is 4.98. The van der Waals surface area contributed by atoms with Crippen LogP contribution in [0.3, 0.4) is 0 Å². The second-order valence-corrected chi connectivity index (χ2v) is 4.95. The summed E-state index contributed by atoms with van der Waals surface area (Å²) in [5, 5.41) is 0. The van der Waals surface area contributed by atoms with Gasteiger partial charge < -0.3 is 4.74 Å². The Balaban J connectivity index is 1.86. The van der Waals surface area contributed by atoms with Gasteiger partial charge in [-0.25, -0.2) is 0 Å². The van der Waals surface area contributed by atoms with Crippen molar-refractivity contribution in [3.05, 3.63) is 35.4 Å². The molecule has 88 valence electrons. The van der Waals surface area contributed by atoms with Gasteiger partial charge in [-0.3, -0.25) is 4.90 Å². The number of nitrogens with zero attached hydrogens (tertiary/aromatic N) is 1. The molecule has 1 fully saturated rings. The highest BCUT2D eigenvalue weighted by atomic mass is 16.5. The van der Waals surface area contributed by atoms with Crippen LogP contribution in [0.15, 0.2) is 24.3 Å². The van der Waals surface area contributed by atoms with Crippen LogP contribution in [-0.2, 0) is 11.3 Å². The summed E-state index contributed by atoms with van der Waals surface area (Å²) in [6.07, 6.45) is 0.454. The SMILES string of the molecule is COC1CN(Cc2ccc(C(C)C)cc2)C1. The standard InChI is InChI=1S/C14H21NO/c1-11(2)13-6-4-12(5-7-13)8-15-9-14(10-15)16-3/h4-7,11,14H,8-10H2,1-3H3. The minimum Gasteiger partial charge on any atom is -0.379 e. The second-order valence-electron chi connectivity index (χ2n) is 4.95. The van der Waals surface area contributed by atoms with Gasteiger partial charge in [-0.1, -0.05) is 38.1 Å². The van der Waals surface area contributed by atoms with E-state index in [0.29, 0.717) is 12.0 Å². The van der Waals surface area contributed by atoms with Crippen LogP contribution in [0.25, 0.3) is 0 Å². The summed E-state index contributed by atoms with van der Waals surface area (Å²) in [6, 6.07) is 8.98. The fourth-order valence-corrected chi connectivity index (χ4v) is 2.07. The van der Waals surface area contributed by atoms with Crippen molar-refractivity contribution >= 4 is 0 Å². The molecule has 1 heterocycles. The Labute approximate surface area is 98.2 Å². The first-order valence-electron chi connectivity index (χ1n) is 6.03. The first-order valence-corrected chi connectivity index (χ1v) is 6.03. The molecule has 0 amide bonds. The number of likely N-dealkylation sites (tertiary alicyclic amines) is 1. The smallest absolute Gasteiger partial charge is 0.0825 e. The van der Waals surface area contributed by atoms with Crippen LogP contribution in [0, 0.1) is 0 Å². The number of hydrogen-bond donors (Lipinski definition) is 0. The van der Waals surface area contributed by atoms with Crippen LogP contribution < -0.4 is 0 Å². The number of hydrogen-bond acceptors (Lipinski definition) is 2. The first kappa shape index (κ1) is 11.6. The highest BCUT2D eigenvalue weighted by Crippen LogP contribution is 2.18. The lowest BCUT2D eigenvalue weighted by atomic mass is 10.0. The van der Waals surface area contributed by atoms with E-state index in [-0.39, 0.29) is 0 Å². The molecular weight excluding hydrogens is 198 g/mol. The summed E-state index contributed by atoms with van der Waals surface area (Å²) in [7, 11) is 1.79. The van der Waals surface area contributed by atoms with Gasteiger partial charge in [0.25, 0.3) is 0 Å². The first-order chi connectivity index (χ1) is 7.69. The molecule has 1 aliphatic rings. The molecule has 0 atom stereocenters. The topological polar surface area (TPSA) is 12.5 Å². The zero-order chi connectivity index (χ0) is 11.5. The van der Waals surface area contributed by atoms with E-state index in [1.807, 2.05) is 0 Å². The lowest BCUT2D eigenvalue weighted by Gasteiger charge is -2.38. The Hall–Kier alpha value is -0.860. The predicted molar refractivity (Wildman–Crippen MR) is 66.6 cm³/mol. The maximum atomic E-state index is 5.26. The van der Waals surface area contributed by atoms with E-state index in [2.05, 4.69) is 43.0 Å². The molecule has 0 saturated carbocycles. The molecule has 0 radical (unpaired) electrons. The lowest BCUT2D eigenvalue weighted by molar-refractivity contribution is -0.0333. The fraction of sp³-hybridized carbons (Fsp3) is 0.571. The van der Waals surface area contributed by atoms with Gasteiger partial charge in [-0.05, 0) is 17.0 Å². The Morgan fingerprint density at radius 2 is 1.88 bits per heavy atom. The summed E-state index contributed by atoms with van der Waals surface area (Å²) >= 11 is 0. The van der Waals surface area contributed by atoms with Crippen molar-refractivity contribution in [1.82, 2.24) is 4.90 Å². The zero-order valence-electron chi connectivity index (χ0n) is 10.4. The van der Waals surface area contributed by atoms with E-state index >= 15 is 0 Å². The van der Waals surface area contributed by atoms with E-state index in [1.54, 1.807) is 7.11 Å². The molecule has 0 unspecified atom stereocenters. The van der Waals surface area contributed by atoms with E-state index in [9.17, 15) is 0 Å². The fourth-order valence-electron chi connectivity index (χ4n) is 2.07. The van der Waals surface area contributed by atoms with Gasteiger partial charge in [0, 0.05) is 26.7 Å². The highest BCUT2D eigenvalue weighted by molar-refractivity contribution is 5.24. The monoisotopic (exact) mass is 219 g/mol. The third-order valence-electron chi connectivity index (χ3n) is 3.31. The molecule has 16 heavy (non-hydrogen) atoms. The van der Waals surface area contributed by atoms with Gasteiger partial charge in [0.05, 0.1) is 6.10 Å². The van der Waals surface area contributed by atoms with E-state index in [4.69, 9.17) is 4.74 Å². The van der Waals surface area contributed by atoms with Gasteiger partial charge in [0.1, 0.15) is 0 Å². The molecule has 1 aromatic carbocycles. The molecule has 0 spiro atoms. The molecule has 1 saturated heterocycles. The molecule has 1 aliphatic heterocycles. The summed E-state index contributed by atoms with van der Waals surface area (Å²) in [6.45, 7) is 7.66. The molecule has 1 aromatic rings. The third kappa shape index (κ3) is 2.63. The van der Waals surface area contributed by atoms with Gasteiger partial charge in [0.2, 0.25) is 0 Å². The van der Waals surface area contributed by atoms with E-state index < -0.39 is 0 Å². The van der Waals surface area contributed by atoms with Gasteiger partial charge in [-0.2, -0.15) is 0 Å². The Bertz CT molecular complexity index is 325. The minimum atomic E-state index is 0.454. The van der Waals surface area contributed by atoms with Crippen molar-refractivity contribution in [3.63, 3.8) is 0 Å². The summed E-state index contributed by atoms with van der Waals surface area (Å²) in [4.78, 5) is 2.42. The molecule has 2 heteroatoms. The molecule has 0 aliphatic carbocycles. The lowest BCUT2D eigenvalue weighted by Crippen LogP contribution is -2.50. The van der Waals surface area contributed by atoms with Gasteiger partial charge in [-0.15, -0.1) is 0 Å². The van der Waals surface area contributed by atoms with E-state index in [0.717, 1.165) is 19.6 Å². The number of rotatable bonds is 4. The zero-order valence-corrected chi connectivity index (χ0v) is 10.4. The minimum absolute atomic E-state index is 0.454. The largest absolute Gasteiger partial charge is 0.379 e. The Morgan fingerprint density at radius 3 is 2.38 bits per heavy atom. The van der Waals surface area contributed by atoms with Crippen LogP contribution in [0.5, 0.6) is 0 Å². The molecule has 0 aromatic heterocycles. The third-order valence-corrected chi connectivity index (χ3v) is 3.31. The van der Waals surface area contributed by atoms with Crippen molar-refractivity contribution < 1.29 is 4.74 Å². The van der Waals surface area contributed by atoms with Crippen LogP contribution in [0.2, 0.25) is 0 Å². The quantitative estimate of drug-likeness (QED) is 0.772. The maximum Gasteiger partial charge on any atom is 0.0825 e. The van der Waals surface area contributed by atoms with Gasteiger partial charge in [0.15, 0.2) is 0 Å². The van der Waals surface area contributed by atoms with Crippen LogP contribution in [-0.4, -0.2) is 31.2 Å². The summed E-state index contributed by atoms with van der Waals surface area (Å²) < 4.78 is 5.26. The van der Waals surface area contributed by atoms with Gasteiger partial charge >= 0.3 is 0 Å². The van der Waals surface area contributed by atoms with Crippen molar-refractivity contribution in [3.8, 4) is 0 Å². The number of ether oxygens (including phenoxy) is 1. The average molecular weight is 219 g/mol. The molecule has 2 rings (SSSR count). The van der Waals surface area contributed by atoms with Crippen molar-refractivity contribution in [2.24, 2.45) is 0 Å². The molecular formula is C14H21NO. The summed E-state index contributed by atoms with van der Waals surface area (Å²) in [5.74, 6) is 0.621. The predicted octanol–water partition coefficient (Wildman–Crippen LogP) is 2.64. The molecule has 0 bridgehead atoms. The molecule has 2 nitrogen and oxygen atoms in total. The van der Waals surface area contributed by atoms with E-state index in [1.165, 1.54) is 11.1 Å². The summed E-state index contributed by atoms with van der Waals surface area (Å²) in [5.41, 5.74) is 2.82. The van der Waals surface area contributed by atoms with Crippen LogP contribution in [0.1, 0.15) is 30.9 Å². The van der Waals surface area contributed by atoms with Crippen LogP contribution in [0.4, 0.5) is 0 Å². The maximum absolute atomic E-state index is 5.26. The Kier molecular flexibility index (Phi) is 3.62. The number of methoxy groups -OCH3 is 1. The average Bonchev–Trinajstić information content (AvgIpc) is 2.23. The van der Waals surface area contributed by atoms with Crippen molar-refractivity contribution in [2.45, 2.75) is 32.4 Å². The Morgan fingerprint density at radius 1 is 1.25 bits per heavy atom. The van der Waals surface area contributed by atoms with Crippen molar-refractivity contribution in [1.29, 1.82) is 0 Å². The van der Waals surface area contributed by atoms with Crippen LogP contribution >= 0.6 is 0 Å². The normalized spacial score (nSPS) is 17.8.